The van der Waals surface area contributed by atoms with E-state index < -0.39 is 0 Å². The molecule has 0 aromatic heterocycles. The SMILES string of the molecule is O=C(NCC1(N2CCOCC2)CCSC1)Nc1ccccc1N1CCCC1=O. The Morgan fingerprint density at radius 1 is 1.21 bits per heavy atom. The van der Waals surface area contributed by atoms with Crippen molar-refractivity contribution < 1.29 is 14.3 Å². The van der Waals surface area contributed by atoms with Crippen LogP contribution in [0.4, 0.5) is 16.2 Å². The lowest BCUT2D eigenvalue weighted by atomic mass is 9.95. The van der Waals surface area contributed by atoms with Gasteiger partial charge in [-0.15, -0.1) is 0 Å². The largest absolute Gasteiger partial charge is 0.379 e. The third-order valence-corrected chi connectivity index (χ3v) is 7.09. The van der Waals surface area contributed by atoms with Gasteiger partial charge in [0.05, 0.1) is 24.6 Å². The molecule has 3 amide bonds. The summed E-state index contributed by atoms with van der Waals surface area (Å²) in [7, 11) is 0. The molecule has 4 rings (SSSR count). The van der Waals surface area contributed by atoms with E-state index >= 15 is 0 Å². The first kappa shape index (κ1) is 19.5. The second kappa shape index (κ2) is 8.71. The van der Waals surface area contributed by atoms with E-state index in [1.165, 1.54) is 0 Å². The molecule has 0 radical (unpaired) electrons. The van der Waals surface area contributed by atoms with Gasteiger partial charge in [0.1, 0.15) is 0 Å². The minimum atomic E-state index is -0.219. The highest BCUT2D eigenvalue weighted by atomic mass is 32.2. The van der Waals surface area contributed by atoms with Gasteiger partial charge in [-0.3, -0.25) is 9.69 Å². The number of hydrogen-bond acceptors (Lipinski definition) is 5. The van der Waals surface area contributed by atoms with Crippen molar-refractivity contribution >= 4 is 35.1 Å². The summed E-state index contributed by atoms with van der Waals surface area (Å²) in [6.07, 6.45) is 2.51. The van der Waals surface area contributed by atoms with E-state index in [0.717, 1.165) is 56.3 Å². The molecule has 0 bridgehead atoms. The smallest absolute Gasteiger partial charge is 0.319 e. The van der Waals surface area contributed by atoms with Crippen molar-refractivity contribution in [1.82, 2.24) is 10.2 Å². The van der Waals surface area contributed by atoms with Crippen LogP contribution >= 0.6 is 11.8 Å². The summed E-state index contributed by atoms with van der Waals surface area (Å²) in [5.41, 5.74) is 1.46. The van der Waals surface area contributed by atoms with Gasteiger partial charge >= 0.3 is 6.03 Å². The molecule has 0 saturated carbocycles. The van der Waals surface area contributed by atoms with Crippen LogP contribution < -0.4 is 15.5 Å². The van der Waals surface area contributed by atoms with Crippen LogP contribution in [0.15, 0.2) is 24.3 Å². The van der Waals surface area contributed by atoms with Gasteiger partial charge in [0.25, 0.3) is 0 Å². The van der Waals surface area contributed by atoms with Gasteiger partial charge in [0, 0.05) is 43.9 Å². The number of nitrogens with zero attached hydrogens (tertiary/aromatic N) is 2. The zero-order chi connectivity index (χ0) is 19.4. The molecule has 8 heteroatoms. The number of anilines is 2. The van der Waals surface area contributed by atoms with Crippen LogP contribution in [0.3, 0.4) is 0 Å². The van der Waals surface area contributed by atoms with Gasteiger partial charge in [-0.25, -0.2) is 4.79 Å². The van der Waals surface area contributed by atoms with Crippen molar-refractivity contribution in [3.63, 3.8) is 0 Å². The number of urea groups is 1. The molecule has 7 nitrogen and oxygen atoms in total. The number of benzene rings is 1. The Kier molecular flexibility index (Phi) is 6.08. The number of nitrogens with one attached hydrogen (secondary N) is 2. The lowest BCUT2D eigenvalue weighted by Crippen LogP contribution is -2.59. The lowest BCUT2D eigenvalue weighted by Gasteiger charge is -2.43. The number of rotatable bonds is 5. The van der Waals surface area contributed by atoms with Crippen LogP contribution in [0, 0.1) is 0 Å². The number of carbonyl (C=O) groups excluding carboxylic acids is 2. The van der Waals surface area contributed by atoms with E-state index in [1.54, 1.807) is 4.90 Å². The van der Waals surface area contributed by atoms with Gasteiger partial charge in [0.2, 0.25) is 5.91 Å². The highest BCUT2D eigenvalue weighted by Crippen LogP contribution is 2.34. The highest BCUT2D eigenvalue weighted by Gasteiger charge is 2.40. The number of carbonyl (C=O) groups is 2. The molecule has 3 fully saturated rings. The third kappa shape index (κ3) is 4.14. The van der Waals surface area contributed by atoms with Gasteiger partial charge in [-0.05, 0) is 30.7 Å². The Morgan fingerprint density at radius 3 is 2.75 bits per heavy atom. The molecule has 1 atom stereocenters. The van der Waals surface area contributed by atoms with Crippen LogP contribution in [-0.2, 0) is 9.53 Å². The van der Waals surface area contributed by atoms with Gasteiger partial charge in [-0.2, -0.15) is 11.8 Å². The second-order valence-corrected chi connectivity index (χ2v) is 8.71. The molecule has 0 aliphatic carbocycles. The monoisotopic (exact) mass is 404 g/mol. The maximum atomic E-state index is 12.7. The van der Waals surface area contributed by atoms with E-state index in [2.05, 4.69) is 15.5 Å². The average molecular weight is 405 g/mol. The molecule has 152 valence electrons. The van der Waals surface area contributed by atoms with Crippen LogP contribution in [0.1, 0.15) is 19.3 Å². The molecule has 1 aromatic rings. The van der Waals surface area contributed by atoms with Crippen molar-refractivity contribution in [2.24, 2.45) is 0 Å². The molecular weight excluding hydrogens is 376 g/mol. The highest BCUT2D eigenvalue weighted by molar-refractivity contribution is 7.99. The standard InChI is InChI=1S/C20H28N4O3S/c25-18-6-3-8-24(18)17-5-2-1-4-16(17)22-19(26)21-14-20(7-13-28-15-20)23-9-11-27-12-10-23/h1-2,4-5H,3,6-15H2,(H2,21,22,26). The Labute approximate surface area is 170 Å². The zero-order valence-corrected chi connectivity index (χ0v) is 16.9. The summed E-state index contributed by atoms with van der Waals surface area (Å²) in [6, 6.07) is 7.30. The molecular formula is C20H28N4O3S. The first-order valence-corrected chi connectivity index (χ1v) is 11.2. The van der Waals surface area contributed by atoms with E-state index in [4.69, 9.17) is 4.74 Å². The zero-order valence-electron chi connectivity index (χ0n) is 16.1. The summed E-state index contributed by atoms with van der Waals surface area (Å²) in [5, 5.41) is 6.05. The van der Waals surface area contributed by atoms with Crippen LogP contribution in [0.5, 0.6) is 0 Å². The second-order valence-electron chi connectivity index (χ2n) is 7.60. The Bertz CT molecular complexity index is 717. The molecule has 1 unspecified atom stereocenters. The molecule has 28 heavy (non-hydrogen) atoms. The minimum Gasteiger partial charge on any atom is -0.379 e. The molecule has 1 aromatic carbocycles. The first-order valence-electron chi connectivity index (χ1n) is 10.0. The fourth-order valence-electron chi connectivity index (χ4n) is 4.26. The van der Waals surface area contributed by atoms with Crippen molar-refractivity contribution in [2.45, 2.75) is 24.8 Å². The van der Waals surface area contributed by atoms with Crippen LogP contribution in [-0.4, -0.2) is 73.3 Å². The van der Waals surface area contributed by atoms with Crippen molar-refractivity contribution in [3.8, 4) is 0 Å². The van der Waals surface area contributed by atoms with E-state index in [9.17, 15) is 9.59 Å². The van der Waals surface area contributed by atoms with Gasteiger partial charge < -0.3 is 20.3 Å². The van der Waals surface area contributed by atoms with E-state index in [0.29, 0.717) is 25.2 Å². The van der Waals surface area contributed by atoms with Gasteiger partial charge in [-0.1, -0.05) is 12.1 Å². The van der Waals surface area contributed by atoms with Crippen molar-refractivity contribution in [2.75, 3.05) is 61.1 Å². The Balaban J connectivity index is 1.40. The fraction of sp³-hybridized carbons (Fsp3) is 0.600. The lowest BCUT2D eigenvalue weighted by molar-refractivity contribution is -0.117. The quantitative estimate of drug-likeness (QED) is 0.787. The number of ether oxygens (including phenoxy) is 1. The average Bonchev–Trinajstić information content (AvgIpc) is 3.37. The normalized spacial score (nSPS) is 25.9. The predicted octanol–water partition coefficient (Wildman–Crippen LogP) is 2.14. The summed E-state index contributed by atoms with van der Waals surface area (Å²) < 4.78 is 5.50. The minimum absolute atomic E-state index is 0.0101. The maximum Gasteiger partial charge on any atom is 0.319 e. The number of amides is 3. The topological polar surface area (TPSA) is 73.9 Å². The van der Waals surface area contributed by atoms with Crippen molar-refractivity contribution in [3.05, 3.63) is 24.3 Å². The van der Waals surface area contributed by atoms with E-state index in [-0.39, 0.29) is 17.5 Å². The molecule has 3 aliphatic rings. The molecule has 3 saturated heterocycles. The molecule has 3 aliphatic heterocycles. The maximum absolute atomic E-state index is 12.7. The van der Waals surface area contributed by atoms with Crippen LogP contribution in [0.25, 0.3) is 0 Å². The van der Waals surface area contributed by atoms with Crippen molar-refractivity contribution in [1.29, 1.82) is 0 Å². The Hall–Kier alpha value is -1.77. The third-order valence-electron chi connectivity index (χ3n) is 5.86. The summed E-state index contributed by atoms with van der Waals surface area (Å²) >= 11 is 1.95. The number of morpholine rings is 1. The first-order chi connectivity index (χ1) is 13.7. The molecule has 3 heterocycles. The fourth-order valence-corrected chi connectivity index (χ4v) is 5.74. The number of thioether (sulfide) groups is 1. The summed E-state index contributed by atoms with van der Waals surface area (Å²) in [6.45, 7) is 4.69. The molecule has 0 spiro atoms. The Morgan fingerprint density at radius 2 is 2.04 bits per heavy atom. The van der Waals surface area contributed by atoms with Crippen LogP contribution in [0.2, 0.25) is 0 Å². The van der Waals surface area contributed by atoms with E-state index in [1.807, 2.05) is 36.0 Å². The predicted molar refractivity (Wildman–Crippen MR) is 112 cm³/mol. The van der Waals surface area contributed by atoms with Gasteiger partial charge in [0.15, 0.2) is 0 Å². The number of hydrogen-bond donors (Lipinski definition) is 2. The summed E-state index contributed by atoms with van der Waals surface area (Å²) in [5.74, 6) is 2.27. The summed E-state index contributed by atoms with van der Waals surface area (Å²) in [4.78, 5) is 29.0. The molecule has 2 N–H and O–H groups in total. The number of para-hydroxylation sites is 2.